The summed E-state index contributed by atoms with van der Waals surface area (Å²) in [5.41, 5.74) is 5.01. The maximum Gasteiger partial charge on any atom is 0.179 e. The van der Waals surface area contributed by atoms with Crippen LogP contribution in [0, 0.1) is 5.41 Å². The summed E-state index contributed by atoms with van der Waals surface area (Å²) in [5.74, 6) is 0.0619. The summed E-state index contributed by atoms with van der Waals surface area (Å²) in [5, 5.41) is 0. The number of Topliss-reactive ketones (excluding diaryl/α,β-unsaturated/α-hetero) is 1. The molecule has 1 heterocycles. The predicted molar refractivity (Wildman–Crippen MR) is 56.5 cm³/mol. The Hall–Kier alpha value is -0.380. The maximum atomic E-state index is 11.8. The Morgan fingerprint density at radius 1 is 1.62 bits per heavy atom. The van der Waals surface area contributed by atoms with Crippen molar-refractivity contribution < 1.29 is 4.79 Å². The second-order valence-electron chi connectivity index (χ2n) is 3.52. The van der Waals surface area contributed by atoms with Crippen LogP contribution in [-0.2, 0) is 0 Å². The van der Waals surface area contributed by atoms with Crippen molar-refractivity contribution in [3.05, 3.63) is 21.3 Å². The van der Waals surface area contributed by atoms with E-state index in [1.54, 1.807) is 12.1 Å². The minimum Gasteiger partial charge on any atom is -0.329 e. The number of thiophene rings is 1. The quantitative estimate of drug-likeness (QED) is 0.791. The van der Waals surface area contributed by atoms with Crippen molar-refractivity contribution in [3.63, 3.8) is 0 Å². The van der Waals surface area contributed by atoms with Gasteiger partial charge in [-0.3, -0.25) is 4.79 Å². The molecule has 2 nitrogen and oxygen atoms in total. The first-order valence-corrected chi connectivity index (χ1v) is 5.17. The molecular formula is C9H12ClNOS. The normalized spacial score (nSPS) is 11.7. The van der Waals surface area contributed by atoms with Gasteiger partial charge in [0.25, 0.3) is 0 Å². The van der Waals surface area contributed by atoms with Crippen LogP contribution < -0.4 is 5.73 Å². The second kappa shape index (κ2) is 3.78. The van der Waals surface area contributed by atoms with E-state index in [0.29, 0.717) is 15.8 Å². The number of hydrogen-bond donors (Lipinski definition) is 1. The minimum atomic E-state index is -0.492. The SMILES string of the molecule is CC(C)(CN)C(=O)c1ccc(Cl)s1. The molecule has 2 N–H and O–H groups in total. The Morgan fingerprint density at radius 3 is 2.62 bits per heavy atom. The Morgan fingerprint density at radius 2 is 2.23 bits per heavy atom. The van der Waals surface area contributed by atoms with Gasteiger partial charge in [-0.2, -0.15) is 0 Å². The second-order valence-corrected chi connectivity index (χ2v) is 5.24. The molecule has 4 heteroatoms. The molecule has 0 bridgehead atoms. The van der Waals surface area contributed by atoms with E-state index in [4.69, 9.17) is 17.3 Å². The molecule has 0 fully saturated rings. The van der Waals surface area contributed by atoms with Crippen molar-refractivity contribution >= 4 is 28.7 Å². The number of halogens is 1. The average molecular weight is 218 g/mol. The molecule has 0 aromatic carbocycles. The Balaban J connectivity index is 2.91. The molecule has 0 aliphatic rings. The van der Waals surface area contributed by atoms with Gasteiger partial charge in [-0.25, -0.2) is 0 Å². The number of hydrogen-bond acceptors (Lipinski definition) is 3. The Labute approximate surface area is 86.7 Å². The molecule has 0 aliphatic carbocycles. The van der Waals surface area contributed by atoms with E-state index < -0.39 is 5.41 Å². The van der Waals surface area contributed by atoms with Crippen LogP contribution in [0.25, 0.3) is 0 Å². The smallest absolute Gasteiger partial charge is 0.179 e. The maximum absolute atomic E-state index is 11.8. The fourth-order valence-corrected chi connectivity index (χ4v) is 2.03. The standard InChI is InChI=1S/C9H12ClNOS/c1-9(2,5-11)8(12)6-3-4-7(10)13-6/h3-4H,5,11H2,1-2H3. The van der Waals surface area contributed by atoms with Crippen molar-refractivity contribution in [3.8, 4) is 0 Å². The monoisotopic (exact) mass is 217 g/mol. The lowest BCUT2D eigenvalue weighted by atomic mass is 9.87. The number of nitrogens with two attached hydrogens (primary N) is 1. The fourth-order valence-electron chi connectivity index (χ4n) is 0.863. The van der Waals surface area contributed by atoms with Gasteiger partial charge in [0.05, 0.1) is 9.21 Å². The van der Waals surface area contributed by atoms with Crippen molar-refractivity contribution in [2.75, 3.05) is 6.54 Å². The Bertz CT molecular complexity index is 319. The zero-order chi connectivity index (χ0) is 10.1. The summed E-state index contributed by atoms with van der Waals surface area (Å²) in [7, 11) is 0. The summed E-state index contributed by atoms with van der Waals surface area (Å²) >= 11 is 7.03. The molecule has 0 saturated carbocycles. The zero-order valence-electron chi connectivity index (χ0n) is 7.63. The van der Waals surface area contributed by atoms with Crippen LogP contribution in [0.5, 0.6) is 0 Å². The van der Waals surface area contributed by atoms with E-state index in [1.165, 1.54) is 11.3 Å². The van der Waals surface area contributed by atoms with Crippen molar-refractivity contribution in [2.45, 2.75) is 13.8 Å². The molecule has 0 radical (unpaired) electrons. The van der Waals surface area contributed by atoms with Gasteiger partial charge < -0.3 is 5.73 Å². The molecule has 0 aliphatic heterocycles. The van der Waals surface area contributed by atoms with E-state index in [0.717, 1.165) is 0 Å². The van der Waals surface area contributed by atoms with Crippen LogP contribution in [0.3, 0.4) is 0 Å². The third-order valence-electron chi connectivity index (χ3n) is 1.92. The topological polar surface area (TPSA) is 43.1 Å². The lowest BCUT2D eigenvalue weighted by molar-refractivity contribution is 0.0852. The summed E-state index contributed by atoms with van der Waals surface area (Å²) in [6.45, 7) is 4.02. The molecule has 1 aromatic rings. The minimum absolute atomic E-state index is 0.0619. The van der Waals surface area contributed by atoms with Gasteiger partial charge in [0.1, 0.15) is 0 Å². The van der Waals surface area contributed by atoms with Gasteiger partial charge in [0.2, 0.25) is 0 Å². The molecule has 0 saturated heterocycles. The van der Waals surface area contributed by atoms with E-state index in [1.807, 2.05) is 13.8 Å². The zero-order valence-corrected chi connectivity index (χ0v) is 9.21. The van der Waals surface area contributed by atoms with Gasteiger partial charge in [-0.15, -0.1) is 11.3 Å². The fraction of sp³-hybridized carbons (Fsp3) is 0.444. The first-order valence-electron chi connectivity index (χ1n) is 3.97. The summed E-state index contributed by atoms with van der Waals surface area (Å²) in [6, 6.07) is 3.47. The summed E-state index contributed by atoms with van der Waals surface area (Å²) in [4.78, 5) is 12.5. The lowest BCUT2D eigenvalue weighted by Crippen LogP contribution is -2.32. The van der Waals surface area contributed by atoms with E-state index in [2.05, 4.69) is 0 Å². The van der Waals surface area contributed by atoms with Crippen LogP contribution in [0.2, 0.25) is 4.34 Å². The predicted octanol–water partition coefficient (Wildman–Crippen LogP) is 2.57. The largest absolute Gasteiger partial charge is 0.329 e. The van der Waals surface area contributed by atoms with Gasteiger partial charge in [-0.1, -0.05) is 25.4 Å². The highest BCUT2D eigenvalue weighted by Gasteiger charge is 2.27. The van der Waals surface area contributed by atoms with Crippen LogP contribution in [-0.4, -0.2) is 12.3 Å². The highest BCUT2D eigenvalue weighted by molar-refractivity contribution is 7.18. The van der Waals surface area contributed by atoms with E-state index in [-0.39, 0.29) is 5.78 Å². The van der Waals surface area contributed by atoms with Gasteiger partial charge >= 0.3 is 0 Å². The first kappa shape index (κ1) is 10.7. The highest BCUT2D eigenvalue weighted by Crippen LogP contribution is 2.28. The number of rotatable bonds is 3. The number of carbonyl (C=O) groups is 1. The average Bonchev–Trinajstić information content (AvgIpc) is 2.50. The molecule has 0 unspecified atom stereocenters. The molecule has 0 atom stereocenters. The molecular weight excluding hydrogens is 206 g/mol. The molecule has 1 rings (SSSR count). The summed E-state index contributed by atoms with van der Waals surface area (Å²) < 4.78 is 0.635. The van der Waals surface area contributed by atoms with Crippen molar-refractivity contribution in [1.82, 2.24) is 0 Å². The first-order chi connectivity index (χ1) is 5.97. The third kappa shape index (κ3) is 2.30. The number of ketones is 1. The number of carbonyl (C=O) groups excluding carboxylic acids is 1. The lowest BCUT2D eigenvalue weighted by Gasteiger charge is -2.19. The van der Waals surface area contributed by atoms with Crippen molar-refractivity contribution in [2.24, 2.45) is 11.1 Å². The summed E-state index contributed by atoms with van der Waals surface area (Å²) in [6.07, 6.45) is 0. The third-order valence-corrected chi connectivity index (χ3v) is 3.15. The van der Waals surface area contributed by atoms with Gasteiger partial charge in [0, 0.05) is 12.0 Å². The highest BCUT2D eigenvalue weighted by atomic mass is 35.5. The molecule has 13 heavy (non-hydrogen) atoms. The Kier molecular flexibility index (Phi) is 3.11. The van der Waals surface area contributed by atoms with Gasteiger partial charge in [0.15, 0.2) is 5.78 Å². The van der Waals surface area contributed by atoms with Crippen LogP contribution in [0.1, 0.15) is 23.5 Å². The van der Waals surface area contributed by atoms with Crippen LogP contribution >= 0.6 is 22.9 Å². The van der Waals surface area contributed by atoms with Crippen LogP contribution in [0.4, 0.5) is 0 Å². The molecule has 1 aromatic heterocycles. The molecule has 0 spiro atoms. The molecule has 0 amide bonds. The van der Waals surface area contributed by atoms with E-state index in [9.17, 15) is 4.79 Å². The van der Waals surface area contributed by atoms with E-state index >= 15 is 0 Å². The van der Waals surface area contributed by atoms with Crippen molar-refractivity contribution in [1.29, 1.82) is 0 Å². The van der Waals surface area contributed by atoms with Gasteiger partial charge in [-0.05, 0) is 12.1 Å². The molecule has 72 valence electrons. The van der Waals surface area contributed by atoms with Crippen LogP contribution in [0.15, 0.2) is 12.1 Å².